The monoisotopic (exact) mass is 288 g/mol. The largest absolute Gasteiger partial charge is 0.352 e. The first-order valence-corrected chi connectivity index (χ1v) is 7.31. The van der Waals surface area contributed by atoms with Crippen molar-refractivity contribution in [2.45, 2.75) is 39.0 Å². The second kappa shape index (κ2) is 5.96. The summed E-state index contributed by atoms with van der Waals surface area (Å²) in [7, 11) is -2.91. The van der Waals surface area contributed by atoms with E-state index in [0.717, 1.165) is 18.5 Å². The van der Waals surface area contributed by atoms with Crippen LogP contribution >= 0.6 is 8.25 Å². The van der Waals surface area contributed by atoms with Crippen molar-refractivity contribution in [3.8, 4) is 0 Å². The summed E-state index contributed by atoms with van der Waals surface area (Å²) in [6.07, 6.45) is 2.69. The fourth-order valence-corrected chi connectivity index (χ4v) is 2.56. The van der Waals surface area contributed by atoms with Crippen LogP contribution < -0.4 is 0 Å². The molecule has 19 heavy (non-hydrogen) atoms. The summed E-state index contributed by atoms with van der Waals surface area (Å²) in [5, 5.41) is 0. The smallest absolute Gasteiger partial charge is 0.316 e. The van der Waals surface area contributed by atoms with Crippen LogP contribution in [0.25, 0.3) is 0 Å². The molecule has 8 heteroatoms. The molecule has 1 fully saturated rings. The lowest BCUT2D eigenvalue weighted by molar-refractivity contribution is -0.0188. The summed E-state index contributed by atoms with van der Waals surface area (Å²) in [6.45, 7) is 3.41. The summed E-state index contributed by atoms with van der Waals surface area (Å²) in [5.74, 6) is -0.0759. The number of ether oxygens (including phenoxy) is 1. The van der Waals surface area contributed by atoms with Gasteiger partial charge < -0.3 is 18.7 Å². The van der Waals surface area contributed by atoms with Crippen LogP contribution in [0.15, 0.2) is 6.33 Å². The van der Waals surface area contributed by atoms with Gasteiger partial charge in [-0.3, -0.25) is 9.36 Å². The zero-order chi connectivity index (χ0) is 14.0. The normalized spacial score (nSPS) is 24.6. The van der Waals surface area contributed by atoms with Gasteiger partial charge in [-0.05, 0) is 19.8 Å². The molecule has 1 aromatic rings. The van der Waals surface area contributed by atoms with E-state index >= 15 is 0 Å². The minimum Gasteiger partial charge on any atom is -0.352 e. The highest BCUT2D eigenvalue weighted by molar-refractivity contribution is 7.32. The first-order valence-electron chi connectivity index (χ1n) is 6.04. The molecule has 2 unspecified atom stereocenters. The fraction of sp³-hybridized carbons (Fsp3) is 0.636. The van der Waals surface area contributed by atoms with Crippen LogP contribution in [-0.2, 0) is 13.8 Å². The number of carbonyl (C=O) groups is 1. The number of aromatic nitrogens is 2. The zero-order valence-electron chi connectivity index (χ0n) is 10.8. The van der Waals surface area contributed by atoms with Gasteiger partial charge in [0.15, 0.2) is 5.78 Å². The quantitative estimate of drug-likeness (QED) is 0.651. The Morgan fingerprint density at radius 3 is 3.00 bits per heavy atom. The van der Waals surface area contributed by atoms with Crippen molar-refractivity contribution in [1.29, 1.82) is 0 Å². The van der Waals surface area contributed by atoms with E-state index in [4.69, 9.17) is 9.63 Å². The van der Waals surface area contributed by atoms with Gasteiger partial charge in [-0.15, -0.1) is 0 Å². The predicted octanol–water partition coefficient (Wildman–Crippen LogP) is 1.47. The van der Waals surface area contributed by atoms with Crippen LogP contribution in [0.3, 0.4) is 0 Å². The third-order valence-corrected chi connectivity index (χ3v) is 3.58. The van der Waals surface area contributed by atoms with Crippen molar-refractivity contribution in [3.63, 3.8) is 0 Å². The molecule has 1 aliphatic heterocycles. The SMILES string of the molecule is CC(=O)c1ncn([C@H]2CCC(CO[PH](=O)O)O2)c1C. The molecule has 0 aliphatic carbocycles. The Morgan fingerprint density at radius 1 is 1.68 bits per heavy atom. The average Bonchev–Trinajstić information content (AvgIpc) is 2.92. The Morgan fingerprint density at radius 2 is 2.42 bits per heavy atom. The molecule has 0 spiro atoms. The molecule has 2 rings (SSSR count). The molecule has 0 radical (unpaired) electrons. The van der Waals surface area contributed by atoms with Gasteiger partial charge in [0.05, 0.1) is 19.0 Å². The maximum Gasteiger partial charge on any atom is 0.316 e. The van der Waals surface area contributed by atoms with Crippen LogP contribution in [0.5, 0.6) is 0 Å². The van der Waals surface area contributed by atoms with Gasteiger partial charge >= 0.3 is 8.25 Å². The fourth-order valence-electron chi connectivity index (χ4n) is 2.24. The van der Waals surface area contributed by atoms with Crippen LogP contribution in [0.2, 0.25) is 0 Å². The molecule has 106 valence electrons. The maximum absolute atomic E-state index is 11.3. The number of carbonyl (C=O) groups excluding carboxylic acids is 1. The number of nitrogens with zero attached hydrogens (tertiary/aromatic N) is 2. The van der Waals surface area contributed by atoms with Gasteiger partial charge in [0.2, 0.25) is 0 Å². The lowest BCUT2D eigenvalue weighted by Crippen LogP contribution is -2.15. The second-order valence-corrected chi connectivity index (χ2v) is 5.33. The highest BCUT2D eigenvalue weighted by Gasteiger charge is 2.28. The molecule has 0 amide bonds. The van der Waals surface area contributed by atoms with Crippen molar-refractivity contribution >= 4 is 14.0 Å². The van der Waals surface area contributed by atoms with E-state index in [2.05, 4.69) is 9.51 Å². The lowest BCUT2D eigenvalue weighted by Gasteiger charge is -2.16. The van der Waals surface area contributed by atoms with E-state index < -0.39 is 8.25 Å². The van der Waals surface area contributed by atoms with E-state index in [9.17, 15) is 9.36 Å². The molecule has 1 aromatic heterocycles. The standard InChI is InChI=1S/C11H17N2O5P/c1-7-11(8(2)14)12-6-13(7)10-4-3-9(18-10)5-17-19(15)16/h6,9-10,19H,3-5H2,1-2H3,(H,15,16)/t9?,10-/m1/s1. The summed E-state index contributed by atoms with van der Waals surface area (Å²) in [4.78, 5) is 24.0. The van der Waals surface area contributed by atoms with Crippen LogP contribution in [-0.4, -0.2) is 32.9 Å². The molecule has 1 saturated heterocycles. The van der Waals surface area contributed by atoms with E-state index in [1.165, 1.54) is 6.92 Å². The number of ketones is 1. The first kappa shape index (κ1) is 14.4. The summed E-state index contributed by atoms with van der Waals surface area (Å²) in [6, 6.07) is 0. The van der Waals surface area contributed by atoms with Crippen LogP contribution in [0.1, 0.15) is 42.2 Å². The number of hydrogen-bond donors (Lipinski definition) is 1. The predicted molar refractivity (Wildman–Crippen MR) is 67.3 cm³/mol. The highest BCUT2D eigenvalue weighted by atomic mass is 31.1. The highest BCUT2D eigenvalue weighted by Crippen LogP contribution is 2.31. The topological polar surface area (TPSA) is 90.7 Å². The van der Waals surface area contributed by atoms with Crippen molar-refractivity contribution in [2.24, 2.45) is 0 Å². The van der Waals surface area contributed by atoms with Crippen LogP contribution in [0, 0.1) is 6.92 Å². The molecule has 2 heterocycles. The number of hydrogen-bond acceptors (Lipinski definition) is 5. The third kappa shape index (κ3) is 3.30. The average molecular weight is 288 g/mol. The molecule has 3 atom stereocenters. The third-order valence-electron chi connectivity index (χ3n) is 3.16. The Balaban J connectivity index is 2.01. The van der Waals surface area contributed by atoms with Crippen molar-refractivity contribution < 1.29 is 23.5 Å². The van der Waals surface area contributed by atoms with E-state index in [1.54, 1.807) is 6.33 Å². The van der Waals surface area contributed by atoms with E-state index in [-0.39, 0.29) is 24.7 Å². The van der Waals surface area contributed by atoms with Gasteiger partial charge in [0.1, 0.15) is 11.9 Å². The molecule has 0 bridgehead atoms. The number of Topliss-reactive ketones (excluding diaryl/α,β-unsaturated/α-hetero) is 1. The number of imidazole rings is 1. The lowest BCUT2D eigenvalue weighted by atomic mass is 10.2. The van der Waals surface area contributed by atoms with Gasteiger partial charge in [-0.2, -0.15) is 0 Å². The molecule has 7 nitrogen and oxygen atoms in total. The Labute approximate surface area is 111 Å². The van der Waals surface area contributed by atoms with Gasteiger partial charge in [0, 0.05) is 12.6 Å². The Bertz CT molecular complexity index is 501. The van der Waals surface area contributed by atoms with E-state index in [1.807, 2.05) is 11.5 Å². The Kier molecular flexibility index (Phi) is 4.52. The molecule has 0 saturated carbocycles. The van der Waals surface area contributed by atoms with Crippen LogP contribution in [0.4, 0.5) is 0 Å². The first-order chi connectivity index (χ1) is 8.99. The molecule has 0 aromatic carbocycles. The van der Waals surface area contributed by atoms with Crippen molar-refractivity contribution in [3.05, 3.63) is 17.7 Å². The van der Waals surface area contributed by atoms with Crippen molar-refractivity contribution in [2.75, 3.05) is 6.61 Å². The van der Waals surface area contributed by atoms with Crippen molar-refractivity contribution in [1.82, 2.24) is 9.55 Å². The number of rotatable bonds is 5. The molecular weight excluding hydrogens is 271 g/mol. The minimum atomic E-state index is -2.91. The van der Waals surface area contributed by atoms with Gasteiger partial charge in [-0.1, -0.05) is 0 Å². The molecular formula is C11H17N2O5P. The second-order valence-electron chi connectivity index (χ2n) is 4.51. The van der Waals surface area contributed by atoms with E-state index in [0.29, 0.717) is 5.69 Å². The zero-order valence-corrected chi connectivity index (χ0v) is 11.8. The molecule has 1 N–H and O–H groups in total. The minimum absolute atomic E-state index is 0.0759. The summed E-state index contributed by atoms with van der Waals surface area (Å²) in [5.41, 5.74) is 1.22. The Hall–Kier alpha value is -1.01. The molecule has 1 aliphatic rings. The van der Waals surface area contributed by atoms with Gasteiger partial charge in [0.25, 0.3) is 0 Å². The summed E-state index contributed by atoms with van der Waals surface area (Å²) < 4.78 is 22.7. The van der Waals surface area contributed by atoms with Gasteiger partial charge in [-0.25, -0.2) is 4.98 Å². The maximum atomic E-state index is 11.3. The summed E-state index contributed by atoms with van der Waals surface area (Å²) >= 11 is 0.